The highest BCUT2D eigenvalue weighted by molar-refractivity contribution is 14.0. The standard InChI is InChI=1S/C17H36N4O2S.HI/c1-7-18-16(19-10-13-24(22,23)17(4,5)6)20-15-8-11-21(12-9-15)14(2)3;/h14-15H,7-13H2,1-6H3,(H2,18,19,20);1H. The summed E-state index contributed by atoms with van der Waals surface area (Å²) in [6, 6.07) is 0.993. The third kappa shape index (κ3) is 8.43. The monoisotopic (exact) mass is 488 g/mol. The van der Waals surface area contributed by atoms with Gasteiger partial charge in [-0.05, 0) is 54.4 Å². The van der Waals surface area contributed by atoms with Gasteiger partial charge in [0.05, 0.1) is 17.0 Å². The Labute approximate surface area is 171 Å². The molecule has 0 amide bonds. The van der Waals surface area contributed by atoms with E-state index >= 15 is 0 Å². The fraction of sp³-hybridized carbons (Fsp3) is 0.941. The van der Waals surface area contributed by atoms with Gasteiger partial charge in [0.25, 0.3) is 0 Å². The summed E-state index contributed by atoms with van der Waals surface area (Å²) < 4.78 is 23.6. The third-order valence-electron chi connectivity index (χ3n) is 4.51. The van der Waals surface area contributed by atoms with E-state index in [0.717, 1.165) is 38.4 Å². The summed E-state index contributed by atoms with van der Waals surface area (Å²) in [4.78, 5) is 6.95. The van der Waals surface area contributed by atoms with Gasteiger partial charge in [-0.15, -0.1) is 24.0 Å². The molecular formula is C17H37IN4O2S. The molecule has 0 atom stereocenters. The highest BCUT2D eigenvalue weighted by Crippen LogP contribution is 2.16. The van der Waals surface area contributed by atoms with Crippen molar-refractivity contribution >= 4 is 39.8 Å². The number of hydrogen-bond acceptors (Lipinski definition) is 4. The number of nitrogens with one attached hydrogen (secondary N) is 2. The van der Waals surface area contributed by atoms with Crippen LogP contribution in [0.25, 0.3) is 0 Å². The number of halogens is 1. The van der Waals surface area contributed by atoms with E-state index in [2.05, 4.69) is 34.4 Å². The summed E-state index contributed by atoms with van der Waals surface area (Å²) in [5, 5.41) is 6.68. The highest BCUT2D eigenvalue weighted by Gasteiger charge is 2.28. The number of hydrogen-bond donors (Lipinski definition) is 2. The van der Waals surface area contributed by atoms with Crippen LogP contribution in [0.15, 0.2) is 4.99 Å². The Morgan fingerprint density at radius 2 is 1.80 bits per heavy atom. The van der Waals surface area contributed by atoms with Gasteiger partial charge >= 0.3 is 0 Å². The number of likely N-dealkylation sites (tertiary alicyclic amines) is 1. The number of guanidine groups is 1. The molecule has 0 spiro atoms. The molecule has 1 aliphatic heterocycles. The first-order chi connectivity index (χ1) is 11.1. The smallest absolute Gasteiger partial charge is 0.191 e. The molecule has 0 aliphatic carbocycles. The number of rotatable bonds is 6. The maximum atomic E-state index is 12.2. The highest BCUT2D eigenvalue weighted by atomic mass is 127. The fourth-order valence-corrected chi connectivity index (χ4v) is 3.60. The van der Waals surface area contributed by atoms with Crippen molar-refractivity contribution in [2.24, 2.45) is 4.99 Å². The first-order valence-corrected chi connectivity index (χ1v) is 10.7. The Morgan fingerprint density at radius 1 is 1.24 bits per heavy atom. The molecule has 1 heterocycles. The van der Waals surface area contributed by atoms with E-state index in [4.69, 9.17) is 0 Å². The van der Waals surface area contributed by atoms with Gasteiger partial charge in [0.1, 0.15) is 0 Å². The second kappa shape index (κ2) is 10.9. The van der Waals surface area contributed by atoms with Crippen LogP contribution in [-0.4, -0.2) is 68.0 Å². The van der Waals surface area contributed by atoms with Gasteiger partial charge < -0.3 is 15.5 Å². The Bertz CT molecular complexity index is 507. The van der Waals surface area contributed by atoms with Crippen molar-refractivity contribution in [3.63, 3.8) is 0 Å². The maximum Gasteiger partial charge on any atom is 0.191 e. The van der Waals surface area contributed by atoms with Crippen molar-refractivity contribution in [2.45, 2.75) is 71.2 Å². The topological polar surface area (TPSA) is 73.8 Å². The molecule has 1 rings (SSSR count). The lowest BCUT2D eigenvalue weighted by Gasteiger charge is -2.35. The molecule has 0 aromatic carbocycles. The first kappa shape index (κ1) is 24.9. The van der Waals surface area contributed by atoms with Crippen molar-refractivity contribution in [1.29, 1.82) is 0 Å². The summed E-state index contributed by atoms with van der Waals surface area (Å²) >= 11 is 0. The van der Waals surface area contributed by atoms with Gasteiger partial charge in [-0.3, -0.25) is 4.99 Å². The molecule has 6 nitrogen and oxygen atoms in total. The van der Waals surface area contributed by atoms with E-state index in [1.165, 1.54) is 0 Å². The Kier molecular flexibility index (Phi) is 10.9. The molecule has 150 valence electrons. The van der Waals surface area contributed by atoms with Gasteiger partial charge in [0.2, 0.25) is 0 Å². The van der Waals surface area contributed by atoms with Crippen LogP contribution in [0.4, 0.5) is 0 Å². The maximum absolute atomic E-state index is 12.2. The molecule has 8 heteroatoms. The minimum absolute atomic E-state index is 0. The Hall–Kier alpha value is -0.0900. The normalized spacial score (nSPS) is 18.1. The van der Waals surface area contributed by atoms with Gasteiger partial charge in [0.15, 0.2) is 15.8 Å². The summed E-state index contributed by atoms with van der Waals surface area (Å²) in [5.74, 6) is 0.809. The lowest BCUT2D eigenvalue weighted by molar-refractivity contribution is 0.167. The molecule has 1 aliphatic rings. The Morgan fingerprint density at radius 3 is 2.24 bits per heavy atom. The molecule has 0 bridgehead atoms. The van der Waals surface area contributed by atoms with Crippen LogP contribution < -0.4 is 10.6 Å². The molecule has 2 N–H and O–H groups in total. The predicted molar refractivity (Wildman–Crippen MR) is 118 cm³/mol. The van der Waals surface area contributed by atoms with Crippen molar-refractivity contribution < 1.29 is 8.42 Å². The number of aliphatic imine (C=N–C) groups is 1. The van der Waals surface area contributed by atoms with E-state index in [1.807, 2.05) is 6.92 Å². The lowest BCUT2D eigenvalue weighted by atomic mass is 10.0. The van der Waals surface area contributed by atoms with E-state index in [1.54, 1.807) is 20.8 Å². The van der Waals surface area contributed by atoms with Crippen LogP contribution in [0.2, 0.25) is 0 Å². The van der Waals surface area contributed by atoms with Crippen molar-refractivity contribution in [2.75, 3.05) is 31.9 Å². The second-order valence-electron chi connectivity index (χ2n) is 7.74. The largest absolute Gasteiger partial charge is 0.357 e. The molecule has 0 radical (unpaired) electrons. The van der Waals surface area contributed by atoms with Crippen molar-refractivity contribution in [1.82, 2.24) is 15.5 Å². The molecule has 0 unspecified atom stereocenters. The van der Waals surface area contributed by atoms with Crippen LogP contribution >= 0.6 is 24.0 Å². The van der Waals surface area contributed by atoms with E-state index in [9.17, 15) is 8.42 Å². The van der Waals surface area contributed by atoms with Gasteiger partial charge in [-0.2, -0.15) is 0 Å². The first-order valence-electron chi connectivity index (χ1n) is 9.08. The van der Waals surface area contributed by atoms with Crippen LogP contribution in [0.5, 0.6) is 0 Å². The second-order valence-corrected chi connectivity index (χ2v) is 10.6. The molecule has 0 aromatic rings. The van der Waals surface area contributed by atoms with Crippen molar-refractivity contribution in [3.05, 3.63) is 0 Å². The van der Waals surface area contributed by atoms with Crippen LogP contribution in [0.1, 0.15) is 54.4 Å². The SMILES string of the molecule is CCNC(=NCCS(=O)(=O)C(C)(C)C)NC1CCN(C(C)C)CC1.I. The molecule has 0 aromatic heterocycles. The molecular weight excluding hydrogens is 451 g/mol. The molecule has 0 saturated carbocycles. The summed E-state index contributed by atoms with van der Waals surface area (Å²) in [7, 11) is -3.13. The average Bonchev–Trinajstić information content (AvgIpc) is 2.46. The summed E-state index contributed by atoms with van der Waals surface area (Å²) in [6.45, 7) is 14.9. The predicted octanol–water partition coefficient (Wildman–Crippen LogP) is 2.25. The van der Waals surface area contributed by atoms with Crippen LogP contribution in [0.3, 0.4) is 0 Å². The summed E-state index contributed by atoms with van der Waals surface area (Å²) in [6.07, 6.45) is 2.17. The Balaban J connectivity index is 0.00000576. The summed E-state index contributed by atoms with van der Waals surface area (Å²) in [5.41, 5.74) is 0. The minimum atomic E-state index is -3.13. The third-order valence-corrected chi connectivity index (χ3v) is 7.09. The van der Waals surface area contributed by atoms with E-state index in [0.29, 0.717) is 18.6 Å². The number of piperidine rings is 1. The number of sulfone groups is 1. The van der Waals surface area contributed by atoms with Gasteiger partial charge in [0, 0.05) is 31.7 Å². The molecule has 1 saturated heterocycles. The van der Waals surface area contributed by atoms with Gasteiger partial charge in [-0.25, -0.2) is 8.42 Å². The zero-order chi connectivity index (χ0) is 18.4. The van der Waals surface area contributed by atoms with E-state index in [-0.39, 0.29) is 29.7 Å². The quantitative estimate of drug-likeness (QED) is 0.341. The average molecular weight is 488 g/mol. The number of nitrogens with zero attached hydrogens (tertiary/aromatic N) is 2. The van der Waals surface area contributed by atoms with E-state index < -0.39 is 14.6 Å². The lowest BCUT2D eigenvalue weighted by Crippen LogP contribution is -2.50. The molecule has 1 fully saturated rings. The van der Waals surface area contributed by atoms with Crippen molar-refractivity contribution in [3.8, 4) is 0 Å². The minimum Gasteiger partial charge on any atom is -0.357 e. The van der Waals surface area contributed by atoms with Gasteiger partial charge in [-0.1, -0.05) is 0 Å². The van der Waals surface area contributed by atoms with Crippen LogP contribution in [-0.2, 0) is 9.84 Å². The fourth-order valence-electron chi connectivity index (χ4n) is 2.66. The molecule has 25 heavy (non-hydrogen) atoms. The van der Waals surface area contributed by atoms with Crippen LogP contribution in [0, 0.1) is 0 Å². The zero-order valence-corrected chi connectivity index (χ0v) is 19.8. The zero-order valence-electron chi connectivity index (χ0n) is 16.6.